The smallest absolute Gasteiger partial charge is 0.147 e. The standard InChI is InChI=1S/C13H11Cl2NO/c1-8-7-9(16)5-6-11(8)17-12-4-2-3-10(14)13(12)15/h2-7H,16H2,1H3. The number of benzene rings is 2. The van der Waals surface area contributed by atoms with Crippen molar-refractivity contribution in [3.8, 4) is 11.5 Å². The van der Waals surface area contributed by atoms with Crippen LogP contribution in [0.3, 0.4) is 0 Å². The minimum Gasteiger partial charge on any atom is -0.455 e. The topological polar surface area (TPSA) is 35.2 Å². The van der Waals surface area contributed by atoms with Crippen LogP contribution in [0.1, 0.15) is 5.56 Å². The Morgan fingerprint density at radius 2 is 1.82 bits per heavy atom. The van der Waals surface area contributed by atoms with Crippen LogP contribution in [0, 0.1) is 6.92 Å². The fourth-order valence-electron chi connectivity index (χ4n) is 1.47. The molecule has 0 unspecified atom stereocenters. The number of nitrogen functional groups attached to an aromatic ring is 1. The van der Waals surface area contributed by atoms with E-state index >= 15 is 0 Å². The van der Waals surface area contributed by atoms with Crippen molar-refractivity contribution in [2.24, 2.45) is 0 Å². The second-order valence-corrected chi connectivity index (χ2v) is 4.46. The Bertz CT molecular complexity index is 555. The van der Waals surface area contributed by atoms with Crippen LogP contribution in [0.25, 0.3) is 0 Å². The van der Waals surface area contributed by atoms with Crippen molar-refractivity contribution in [2.75, 3.05) is 5.73 Å². The number of aryl methyl sites for hydroxylation is 1. The van der Waals surface area contributed by atoms with Crippen molar-refractivity contribution in [2.45, 2.75) is 6.92 Å². The summed E-state index contributed by atoms with van der Waals surface area (Å²) in [4.78, 5) is 0. The van der Waals surface area contributed by atoms with E-state index in [9.17, 15) is 0 Å². The van der Waals surface area contributed by atoms with E-state index in [2.05, 4.69) is 0 Å². The lowest BCUT2D eigenvalue weighted by molar-refractivity contribution is 0.479. The zero-order chi connectivity index (χ0) is 12.4. The molecule has 88 valence electrons. The maximum absolute atomic E-state index is 6.05. The van der Waals surface area contributed by atoms with Gasteiger partial charge in [0, 0.05) is 5.69 Å². The number of anilines is 1. The van der Waals surface area contributed by atoms with Crippen LogP contribution in [0.2, 0.25) is 10.0 Å². The molecule has 4 heteroatoms. The van der Waals surface area contributed by atoms with Crippen molar-refractivity contribution in [1.82, 2.24) is 0 Å². The summed E-state index contributed by atoms with van der Waals surface area (Å²) >= 11 is 12.0. The Kier molecular flexibility index (Phi) is 3.46. The van der Waals surface area contributed by atoms with Crippen molar-refractivity contribution >= 4 is 28.9 Å². The Labute approximate surface area is 110 Å². The van der Waals surface area contributed by atoms with Crippen LogP contribution >= 0.6 is 23.2 Å². The van der Waals surface area contributed by atoms with Crippen LogP contribution < -0.4 is 10.5 Å². The van der Waals surface area contributed by atoms with Gasteiger partial charge in [-0.05, 0) is 42.8 Å². The number of nitrogens with two attached hydrogens (primary N) is 1. The van der Waals surface area contributed by atoms with Gasteiger partial charge in [-0.25, -0.2) is 0 Å². The molecule has 2 nitrogen and oxygen atoms in total. The summed E-state index contributed by atoms with van der Waals surface area (Å²) < 4.78 is 5.70. The van der Waals surface area contributed by atoms with Crippen molar-refractivity contribution in [3.63, 3.8) is 0 Å². The lowest BCUT2D eigenvalue weighted by Crippen LogP contribution is -1.91. The molecule has 0 fully saturated rings. The highest BCUT2D eigenvalue weighted by Crippen LogP contribution is 2.35. The molecule has 2 N–H and O–H groups in total. The molecular formula is C13H11Cl2NO. The molecule has 0 saturated heterocycles. The van der Waals surface area contributed by atoms with Gasteiger partial charge in [0.05, 0.1) is 5.02 Å². The molecule has 2 aromatic carbocycles. The minimum absolute atomic E-state index is 0.408. The second-order valence-electron chi connectivity index (χ2n) is 3.68. The van der Waals surface area contributed by atoms with E-state index in [1.54, 1.807) is 24.3 Å². The molecule has 0 radical (unpaired) electrons. The molecule has 0 aromatic heterocycles. The summed E-state index contributed by atoms with van der Waals surface area (Å²) in [6.45, 7) is 1.92. The molecule has 0 saturated carbocycles. The largest absolute Gasteiger partial charge is 0.455 e. The zero-order valence-corrected chi connectivity index (χ0v) is 10.7. The van der Waals surface area contributed by atoms with E-state index in [-0.39, 0.29) is 0 Å². The average molecular weight is 268 g/mol. The third-order valence-electron chi connectivity index (χ3n) is 2.34. The summed E-state index contributed by atoms with van der Waals surface area (Å²) in [5.41, 5.74) is 7.32. The van der Waals surface area contributed by atoms with E-state index in [1.807, 2.05) is 19.1 Å². The second kappa shape index (κ2) is 4.86. The number of halogens is 2. The normalized spacial score (nSPS) is 10.3. The van der Waals surface area contributed by atoms with Crippen LogP contribution in [0.4, 0.5) is 5.69 Å². The van der Waals surface area contributed by atoms with Crippen molar-refractivity contribution < 1.29 is 4.74 Å². The predicted molar refractivity (Wildman–Crippen MR) is 72.1 cm³/mol. The highest BCUT2D eigenvalue weighted by atomic mass is 35.5. The van der Waals surface area contributed by atoms with Gasteiger partial charge in [-0.15, -0.1) is 0 Å². The Morgan fingerprint density at radius 1 is 1.06 bits per heavy atom. The molecule has 0 heterocycles. The summed E-state index contributed by atoms with van der Waals surface area (Å²) in [6, 6.07) is 10.7. The van der Waals surface area contributed by atoms with Gasteiger partial charge in [0.2, 0.25) is 0 Å². The molecular weight excluding hydrogens is 257 g/mol. The van der Waals surface area contributed by atoms with Gasteiger partial charge < -0.3 is 10.5 Å². The first kappa shape index (κ1) is 12.1. The van der Waals surface area contributed by atoms with Gasteiger partial charge in [0.1, 0.15) is 16.5 Å². The van der Waals surface area contributed by atoms with Gasteiger partial charge in [-0.2, -0.15) is 0 Å². The minimum atomic E-state index is 0.408. The third-order valence-corrected chi connectivity index (χ3v) is 3.14. The number of rotatable bonds is 2. The molecule has 0 atom stereocenters. The van der Waals surface area contributed by atoms with Gasteiger partial charge in [0.15, 0.2) is 0 Å². The third kappa shape index (κ3) is 2.65. The summed E-state index contributed by atoms with van der Waals surface area (Å²) in [7, 11) is 0. The SMILES string of the molecule is Cc1cc(N)ccc1Oc1cccc(Cl)c1Cl. The molecule has 0 amide bonds. The summed E-state index contributed by atoms with van der Waals surface area (Å²) in [5.74, 6) is 1.25. The molecule has 0 aliphatic rings. The van der Waals surface area contributed by atoms with Gasteiger partial charge in [0.25, 0.3) is 0 Å². The first-order valence-corrected chi connectivity index (χ1v) is 5.81. The quantitative estimate of drug-likeness (QED) is 0.803. The molecule has 0 aliphatic carbocycles. The van der Waals surface area contributed by atoms with E-state index < -0.39 is 0 Å². The highest BCUT2D eigenvalue weighted by Gasteiger charge is 2.08. The van der Waals surface area contributed by atoms with E-state index in [1.165, 1.54) is 0 Å². The van der Waals surface area contributed by atoms with Gasteiger partial charge in [-0.1, -0.05) is 29.3 Å². The molecule has 0 aliphatic heterocycles. The predicted octanol–water partition coefficient (Wildman–Crippen LogP) is 4.68. The molecule has 0 spiro atoms. The first-order chi connectivity index (χ1) is 8.08. The zero-order valence-electron chi connectivity index (χ0n) is 9.21. The highest BCUT2D eigenvalue weighted by molar-refractivity contribution is 6.42. The molecule has 2 aromatic rings. The van der Waals surface area contributed by atoms with Crippen LogP contribution in [0.5, 0.6) is 11.5 Å². The number of ether oxygens (including phenoxy) is 1. The Morgan fingerprint density at radius 3 is 2.53 bits per heavy atom. The number of hydrogen-bond donors (Lipinski definition) is 1. The molecule has 0 bridgehead atoms. The number of hydrogen-bond acceptors (Lipinski definition) is 2. The van der Waals surface area contributed by atoms with E-state index in [0.29, 0.717) is 27.2 Å². The Hall–Kier alpha value is -1.38. The average Bonchev–Trinajstić information content (AvgIpc) is 2.28. The van der Waals surface area contributed by atoms with Crippen molar-refractivity contribution in [1.29, 1.82) is 0 Å². The van der Waals surface area contributed by atoms with E-state index in [4.69, 9.17) is 33.7 Å². The van der Waals surface area contributed by atoms with Crippen LogP contribution in [-0.4, -0.2) is 0 Å². The van der Waals surface area contributed by atoms with Crippen LogP contribution in [-0.2, 0) is 0 Å². The monoisotopic (exact) mass is 267 g/mol. The first-order valence-electron chi connectivity index (χ1n) is 5.06. The van der Waals surface area contributed by atoms with Gasteiger partial charge >= 0.3 is 0 Å². The fraction of sp³-hybridized carbons (Fsp3) is 0.0769. The summed E-state index contributed by atoms with van der Waals surface area (Å²) in [5, 5.41) is 0.877. The molecule has 2 rings (SSSR count). The Balaban J connectivity index is 2.35. The maximum Gasteiger partial charge on any atom is 0.147 e. The van der Waals surface area contributed by atoms with Crippen LogP contribution in [0.15, 0.2) is 36.4 Å². The summed E-state index contributed by atoms with van der Waals surface area (Å²) in [6.07, 6.45) is 0. The van der Waals surface area contributed by atoms with Gasteiger partial charge in [-0.3, -0.25) is 0 Å². The maximum atomic E-state index is 6.05. The van der Waals surface area contributed by atoms with E-state index in [0.717, 1.165) is 5.56 Å². The molecule has 17 heavy (non-hydrogen) atoms. The fourth-order valence-corrected chi connectivity index (χ4v) is 1.80. The lowest BCUT2D eigenvalue weighted by Gasteiger charge is -2.11. The lowest BCUT2D eigenvalue weighted by atomic mass is 10.2. The van der Waals surface area contributed by atoms with Crippen molar-refractivity contribution in [3.05, 3.63) is 52.0 Å².